The molecule has 1 atom stereocenters. The fourth-order valence-corrected chi connectivity index (χ4v) is 2.76. The summed E-state index contributed by atoms with van der Waals surface area (Å²) in [6, 6.07) is 12.9. The second-order valence-electron chi connectivity index (χ2n) is 6.06. The van der Waals surface area contributed by atoms with E-state index in [9.17, 15) is 4.79 Å². The topological polar surface area (TPSA) is 63.8 Å². The van der Waals surface area contributed by atoms with Gasteiger partial charge < -0.3 is 9.15 Å². The molecule has 5 nitrogen and oxygen atoms in total. The van der Waals surface area contributed by atoms with E-state index in [0.717, 1.165) is 30.7 Å². The summed E-state index contributed by atoms with van der Waals surface area (Å²) in [5, 5.41) is 4.27. The molecule has 1 aromatic heterocycles. The van der Waals surface area contributed by atoms with Crippen LogP contribution in [0.25, 0.3) is 0 Å². The first kappa shape index (κ1) is 16.3. The van der Waals surface area contributed by atoms with Gasteiger partial charge in [-0.1, -0.05) is 31.5 Å². The predicted molar refractivity (Wildman–Crippen MR) is 92.0 cm³/mol. The van der Waals surface area contributed by atoms with Crippen molar-refractivity contribution in [1.29, 1.82) is 0 Å². The number of nitrogens with one attached hydrogen (secondary N) is 1. The molecule has 0 saturated heterocycles. The summed E-state index contributed by atoms with van der Waals surface area (Å²) in [4.78, 5) is 12.1. The van der Waals surface area contributed by atoms with E-state index < -0.39 is 0 Å². The number of hydrogen-bond donors (Lipinski definition) is 1. The third-order valence-corrected chi connectivity index (χ3v) is 4.20. The van der Waals surface area contributed by atoms with E-state index in [1.54, 1.807) is 12.1 Å². The van der Waals surface area contributed by atoms with Crippen LogP contribution in [0.15, 0.2) is 52.0 Å². The van der Waals surface area contributed by atoms with Gasteiger partial charge in [-0.25, -0.2) is 5.43 Å². The third kappa shape index (κ3) is 4.25. The first-order valence-electron chi connectivity index (χ1n) is 8.36. The van der Waals surface area contributed by atoms with E-state index >= 15 is 0 Å². The second kappa shape index (κ2) is 7.81. The van der Waals surface area contributed by atoms with Gasteiger partial charge >= 0.3 is 5.91 Å². The molecule has 1 fully saturated rings. The molecule has 1 saturated carbocycles. The maximum absolute atomic E-state index is 12.1. The number of hydrazone groups is 1. The Hall–Kier alpha value is -2.56. The van der Waals surface area contributed by atoms with Gasteiger partial charge in [0.05, 0.1) is 0 Å². The monoisotopic (exact) mass is 326 g/mol. The summed E-state index contributed by atoms with van der Waals surface area (Å²) < 4.78 is 11.1. The summed E-state index contributed by atoms with van der Waals surface area (Å²) in [6.07, 6.45) is 4.46. The summed E-state index contributed by atoms with van der Waals surface area (Å²) in [5.41, 5.74) is 3.66. The molecule has 2 aromatic rings. The fourth-order valence-electron chi connectivity index (χ4n) is 2.76. The molecule has 0 unspecified atom stereocenters. The SMILES string of the molecule is C[C@H]1CCCCC1=NNC(=O)c1ccc(COc2ccccc2)o1. The molecule has 0 spiro atoms. The Bertz CT molecular complexity index is 706. The van der Waals surface area contributed by atoms with Crippen molar-refractivity contribution in [2.45, 2.75) is 39.2 Å². The molecule has 1 aromatic carbocycles. The minimum atomic E-state index is -0.328. The third-order valence-electron chi connectivity index (χ3n) is 4.20. The molecule has 5 heteroatoms. The zero-order chi connectivity index (χ0) is 16.8. The number of amides is 1. The molecule has 0 bridgehead atoms. The highest BCUT2D eigenvalue weighted by atomic mass is 16.5. The van der Waals surface area contributed by atoms with Gasteiger partial charge in [-0.3, -0.25) is 4.79 Å². The molecule has 1 amide bonds. The highest BCUT2D eigenvalue weighted by Gasteiger charge is 2.17. The van der Waals surface area contributed by atoms with Crippen LogP contribution in [-0.2, 0) is 6.61 Å². The van der Waals surface area contributed by atoms with Gasteiger partial charge in [0.2, 0.25) is 0 Å². The lowest BCUT2D eigenvalue weighted by molar-refractivity contribution is 0.0922. The molecule has 1 aliphatic rings. The van der Waals surface area contributed by atoms with Gasteiger partial charge in [-0.2, -0.15) is 5.10 Å². The number of hydrogen-bond acceptors (Lipinski definition) is 4. The highest BCUT2D eigenvalue weighted by Crippen LogP contribution is 2.20. The number of rotatable bonds is 5. The number of carbonyl (C=O) groups excluding carboxylic acids is 1. The van der Waals surface area contributed by atoms with Crippen LogP contribution in [0.5, 0.6) is 5.75 Å². The zero-order valence-electron chi connectivity index (χ0n) is 13.8. The van der Waals surface area contributed by atoms with Crippen LogP contribution < -0.4 is 10.2 Å². The second-order valence-corrected chi connectivity index (χ2v) is 6.06. The molecule has 24 heavy (non-hydrogen) atoms. The van der Waals surface area contributed by atoms with Crippen molar-refractivity contribution in [3.63, 3.8) is 0 Å². The summed E-state index contributed by atoms with van der Waals surface area (Å²) in [5.74, 6) is 1.71. The van der Waals surface area contributed by atoms with Crippen LogP contribution in [0, 0.1) is 5.92 Å². The van der Waals surface area contributed by atoms with Crippen LogP contribution >= 0.6 is 0 Å². The lowest BCUT2D eigenvalue weighted by Gasteiger charge is -2.19. The minimum Gasteiger partial charge on any atom is -0.486 e. The van der Waals surface area contributed by atoms with Crippen LogP contribution in [0.3, 0.4) is 0 Å². The zero-order valence-corrected chi connectivity index (χ0v) is 13.8. The van der Waals surface area contributed by atoms with Crippen molar-refractivity contribution >= 4 is 11.6 Å². The minimum absolute atomic E-state index is 0.245. The average Bonchev–Trinajstić information content (AvgIpc) is 3.09. The van der Waals surface area contributed by atoms with Crippen LogP contribution in [0.1, 0.15) is 48.9 Å². The number of carbonyl (C=O) groups is 1. The molecular formula is C19H22N2O3. The Kier molecular flexibility index (Phi) is 5.31. The van der Waals surface area contributed by atoms with Crippen molar-refractivity contribution < 1.29 is 13.9 Å². The van der Waals surface area contributed by atoms with E-state index in [1.807, 2.05) is 30.3 Å². The normalized spacial score (nSPS) is 19.2. The molecule has 1 aliphatic carbocycles. The van der Waals surface area contributed by atoms with E-state index in [2.05, 4.69) is 17.5 Å². The Labute approximate surface area is 141 Å². The molecule has 1 N–H and O–H groups in total. The Morgan fingerprint density at radius 1 is 1.25 bits per heavy atom. The van der Waals surface area contributed by atoms with E-state index in [1.165, 1.54) is 6.42 Å². The number of nitrogens with zero attached hydrogens (tertiary/aromatic N) is 1. The quantitative estimate of drug-likeness (QED) is 0.839. The molecule has 3 rings (SSSR count). The highest BCUT2D eigenvalue weighted by molar-refractivity contribution is 5.93. The average molecular weight is 326 g/mol. The smallest absolute Gasteiger partial charge is 0.307 e. The van der Waals surface area contributed by atoms with Gasteiger partial charge in [-0.05, 0) is 49.4 Å². The standard InChI is InChI=1S/C19H22N2O3/c1-14-7-5-6-10-17(14)20-21-19(22)18-12-11-16(24-18)13-23-15-8-3-2-4-9-15/h2-4,8-9,11-12,14H,5-7,10,13H2,1H3,(H,21,22)/t14-/m0/s1. The van der Waals surface area contributed by atoms with Crippen molar-refractivity contribution in [3.8, 4) is 5.75 Å². The molecule has 1 heterocycles. The number of benzene rings is 1. The Morgan fingerprint density at radius 3 is 2.88 bits per heavy atom. The van der Waals surface area contributed by atoms with Gasteiger partial charge in [0.25, 0.3) is 0 Å². The van der Waals surface area contributed by atoms with Gasteiger partial charge in [0, 0.05) is 5.71 Å². The van der Waals surface area contributed by atoms with Crippen LogP contribution in [-0.4, -0.2) is 11.6 Å². The number of para-hydroxylation sites is 1. The van der Waals surface area contributed by atoms with Gasteiger partial charge in [-0.15, -0.1) is 0 Å². The van der Waals surface area contributed by atoms with Crippen molar-refractivity contribution in [1.82, 2.24) is 5.43 Å². The van der Waals surface area contributed by atoms with E-state index in [0.29, 0.717) is 11.7 Å². The van der Waals surface area contributed by atoms with Crippen molar-refractivity contribution in [3.05, 3.63) is 54.0 Å². The van der Waals surface area contributed by atoms with Crippen LogP contribution in [0.2, 0.25) is 0 Å². The van der Waals surface area contributed by atoms with Gasteiger partial charge in [0.15, 0.2) is 5.76 Å². The molecular weight excluding hydrogens is 304 g/mol. The maximum atomic E-state index is 12.1. The van der Waals surface area contributed by atoms with E-state index in [-0.39, 0.29) is 18.3 Å². The first-order chi connectivity index (χ1) is 11.7. The lowest BCUT2D eigenvalue weighted by atomic mass is 9.89. The maximum Gasteiger partial charge on any atom is 0.307 e. The fraction of sp³-hybridized carbons (Fsp3) is 0.368. The summed E-state index contributed by atoms with van der Waals surface area (Å²) >= 11 is 0. The van der Waals surface area contributed by atoms with Crippen LogP contribution in [0.4, 0.5) is 0 Å². The van der Waals surface area contributed by atoms with E-state index in [4.69, 9.17) is 9.15 Å². The lowest BCUT2D eigenvalue weighted by Crippen LogP contribution is -2.24. The summed E-state index contributed by atoms with van der Waals surface area (Å²) in [7, 11) is 0. The molecule has 0 aliphatic heterocycles. The largest absolute Gasteiger partial charge is 0.486 e. The predicted octanol–water partition coefficient (Wildman–Crippen LogP) is 4.15. The molecule has 126 valence electrons. The van der Waals surface area contributed by atoms with Crippen molar-refractivity contribution in [2.75, 3.05) is 0 Å². The Morgan fingerprint density at radius 2 is 2.08 bits per heavy atom. The number of ether oxygens (including phenoxy) is 1. The molecule has 0 radical (unpaired) electrons. The number of furan rings is 1. The van der Waals surface area contributed by atoms with Gasteiger partial charge in [0.1, 0.15) is 18.1 Å². The Balaban J connectivity index is 1.54. The van der Waals surface area contributed by atoms with Crippen molar-refractivity contribution in [2.24, 2.45) is 11.0 Å². The first-order valence-corrected chi connectivity index (χ1v) is 8.36. The summed E-state index contributed by atoms with van der Waals surface area (Å²) in [6.45, 7) is 2.43.